The summed E-state index contributed by atoms with van der Waals surface area (Å²) in [6.45, 7) is 9.72. The van der Waals surface area contributed by atoms with Gasteiger partial charge >= 0.3 is 0 Å². The Labute approximate surface area is 208 Å². The molecule has 0 N–H and O–H groups in total. The van der Waals surface area contributed by atoms with Crippen LogP contribution in [0.1, 0.15) is 80.2 Å². The Bertz CT molecular complexity index is 1070. The van der Waals surface area contributed by atoms with Gasteiger partial charge in [0.2, 0.25) is 0 Å². The van der Waals surface area contributed by atoms with Crippen molar-refractivity contribution in [2.24, 2.45) is 0 Å². The lowest BCUT2D eigenvalue weighted by Crippen LogP contribution is -2.48. The van der Waals surface area contributed by atoms with Crippen molar-refractivity contribution in [1.82, 2.24) is 0 Å². The minimum Gasteiger partial charge on any atom is -0.497 e. The van der Waals surface area contributed by atoms with Gasteiger partial charge in [-0.25, -0.2) is 0 Å². The van der Waals surface area contributed by atoms with Gasteiger partial charge in [0.05, 0.1) is 15.2 Å². The van der Waals surface area contributed by atoms with Gasteiger partial charge in [-0.05, 0) is 64.3 Å². The zero-order valence-electron chi connectivity index (χ0n) is 21.9. The Kier molecular flexibility index (Phi) is 7.98. The normalized spacial score (nSPS) is 13.1. The molecule has 0 saturated heterocycles. The molecule has 2 heteroatoms. The molecule has 0 unspecified atom stereocenters. The predicted molar refractivity (Wildman–Crippen MR) is 150 cm³/mol. The first-order chi connectivity index (χ1) is 16.5. The zero-order valence-corrected chi connectivity index (χ0v) is 22.9. The number of rotatable bonds is 11. The van der Waals surface area contributed by atoms with Gasteiger partial charge in [-0.2, -0.15) is 0 Å². The predicted octanol–water partition coefficient (Wildman–Crippen LogP) is 8.43. The molecule has 1 aliphatic rings. The van der Waals surface area contributed by atoms with Crippen LogP contribution in [0, 0.1) is 0 Å². The van der Waals surface area contributed by atoms with Crippen LogP contribution in [0.4, 0.5) is 0 Å². The lowest BCUT2D eigenvalue weighted by atomic mass is 10.00. The van der Waals surface area contributed by atoms with Crippen LogP contribution in [-0.2, 0) is 12.8 Å². The fourth-order valence-electron chi connectivity index (χ4n) is 6.04. The first-order valence-electron chi connectivity index (χ1n) is 13.4. The molecule has 0 fully saturated rings. The van der Waals surface area contributed by atoms with E-state index in [9.17, 15) is 0 Å². The van der Waals surface area contributed by atoms with E-state index in [1.165, 1.54) is 89.3 Å². The van der Waals surface area contributed by atoms with E-state index < -0.39 is 8.07 Å². The number of aryl methyl sites for hydroxylation is 2. The van der Waals surface area contributed by atoms with Gasteiger partial charge in [-0.3, -0.25) is 0 Å². The third kappa shape index (κ3) is 4.75. The minimum absolute atomic E-state index is 0.447. The van der Waals surface area contributed by atoms with Crippen molar-refractivity contribution in [1.29, 1.82) is 0 Å². The van der Waals surface area contributed by atoms with Crippen molar-refractivity contribution in [3.05, 3.63) is 82.9 Å². The molecule has 3 aromatic carbocycles. The number of ether oxygens (including phenoxy) is 1. The quantitative estimate of drug-likeness (QED) is 0.202. The molecule has 0 amide bonds. The highest BCUT2D eigenvalue weighted by Gasteiger charge is 2.43. The highest BCUT2D eigenvalue weighted by molar-refractivity contribution is 6.92. The van der Waals surface area contributed by atoms with Crippen LogP contribution < -0.4 is 9.92 Å². The molecular formula is C32H42OSi. The monoisotopic (exact) mass is 470 g/mol. The summed E-state index contributed by atoms with van der Waals surface area (Å²) in [6, 6.07) is 23.2. The molecule has 1 aliphatic carbocycles. The van der Waals surface area contributed by atoms with Crippen molar-refractivity contribution in [2.45, 2.75) is 83.8 Å². The molecule has 180 valence electrons. The first-order valence-corrected chi connectivity index (χ1v) is 16.5. The molecule has 0 aliphatic heterocycles. The van der Waals surface area contributed by atoms with Crippen LogP contribution in [0.25, 0.3) is 11.1 Å². The molecule has 0 saturated carbocycles. The van der Waals surface area contributed by atoms with E-state index in [-0.39, 0.29) is 0 Å². The average Bonchev–Trinajstić information content (AvgIpc) is 3.19. The molecule has 0 aromatic heterocycles. The topological polar surface area (TPSA) is 9.23 Å². The van der Waals surface area contributed by atoms with Gasteiger partial charge in [-0.1, -0.05) is 113 Å². The van der Waals surface area contributed by atoms with Crippen molar-refractivity contribution in [3.63, 3.8) is 0 Å². The Balaban J connectivity index is 1.84. The number of unbranched alkanes of at least 4 members (excludes halogenated alkanes) is 4. The Morgan fingerprint density at radius 3 is 1.85 bits per heavy atom. The second-order valence-electron chi connectivity index (χ2n) is 10.6. The van der Waals surface area contributed by atoms with Crippen molar-refractivity contribution in [3.8, 4) is 16.9 Å². The molecule has 0 bridgehead atoms. The van der Waals surface area contributed by atoms with E-state index in [4.69, 9.17) is 4.74 Å². The Morgan fingerprint density at radius 2 is 1.29 bits per heavy atom. The highest BCUT2D eigenvalue weighted by Crippen LogP contribution is 2.49. The largest absolute Gasteiger partial charge is 0.497 e. The van der Waals surface area contributed by atoms with Gasteiger partial charge in [0, 0.05) is 5.54 Å². The lowest BCUT2D eigenvalue weighted by molar-refractivity contribution is 0.411. The molecule has 0 spiro atoms. The summed E-state index contributed by atoms with van der Waals surface area (Å²) in [5.74, 6) is 1.17. The van der Waals surface area contributed by atoms with Crippen molar-refractivity contribution in [2.75, 3.05) is 7.11 Å². The summed E-state index contributed by atoms with van der Waals surface area (Å²) in [6.07, 6.45) is 9.90. The van der Waals surface area contributed by atoms with Crippen LogP contribution >= 0.6 is 0 Å². The van der Waals surface area contributed by atoms with Gasteiger partial charge < -0.3 is 4.74 Å². The number of hydrogen-bond donors (Lipinski definition) is 0. The second-order valence-corrected chi connectivity index (χ2v) is 15.1. The van der Waals surface area contributed by atoms with E-state index in [2.05, 4.69) is 87.6 Å². The SMILES string of the molecule is CCCCCc1cc(CCCCC)c(OC)c([Si](C)(C)C2c3ccccc3-c3ccccc32)c1. The summed E-state index contributed by atoms with van der Waals surface area (Å²) in [5.41, 5.74) is 9.24. The molecule has 0 heterocycles. The van der Waals surface area contributed by atoms with E-state index >= 15 is 0 Å². The van der Waals surface area contributed by atoms with Crippen molar-refractivity contribution >= 4 is 13.3 Å². The standard InChI is InChI=1S/C32H42OSi/c1-6-8-10-16-24-22-25(17-11-9-7-2)31(33-3)30(23-24)34(4,5)32-28-20-14-12-18-26(28)27-19-13-15-21-29(27)32/h12-15,18-23,32H,6-11,16-17H2,1-5H3. The third-order valence-electron chi connectivity index (χ3n) is 7.80. The molecule has 0 atom stereocenters. The summed E-state index contributed by atoms with van der Waals surface area (Å²) in [7, 11) is -0.108. The van der Waals surface area contributed by atoms with Crippen LogP contribution in [0.5, 0.6) is 5.75 Å². The summed E-state index contributed by atoms with van der Waals surface area (Å²) in [4.78, 5) is 0. The second kappa shape index (κ2) is 10.9. The summed E-state index contributed by atoms with van der Waals surface area (Å²) in [5, 5.41) is 1.51. The Hall–Kier alpha value is -2.32. The molecule has 34 heavy (non-hydrogen) atoms. The maximum Gasteiger partial charge on any atom is 0.121 e. The highest BCUT2D eigenvalue weighted by atomic mass is 28.3. The number of benzene rings is 3. The Morgan fingerprint density at radius 1 is 0.735 bits per heavy atom. The van der Waals surface area contributed by atoms with Gasteiger partial charge in [0.15, 0.2) is 0 Å². The van der Waals surface area contributed by atoms with Gasteiger partial charge in [0.1, 0.15) is 5.75 Å². The van der Waals surface area contributed by atoms with Crippen molar-refractivity contribution < 1.29 is 4.74 Å². The van der Waals surface area contributed by atoms with E-state index in [1.54, 1.807) is 0 Å². The van der Waals surface area contributed by atoms with Crippen LogP contribution in [0.15, 0.2) is 60.7 Å². The summed E-state index contributed by atoms with van der Waals surface area (Å²) < 4.78 is 6.24. The van der Waals surface area contributed by atoms with Gasteiger partial charge in [0.25, 0.3) is 0 Å². The smallest absolute Gasteiger partial charge is 0.121 e. The first kappa shape index (κ1) is 24.8. The molecule has 0 radical (unpaired) electrons. The number of fused-ring (bicyclic) bond motifs is 3. The fraction of sp³-hybridized carbons (Fsp3) is 0.438. The number of methoxy groups -OCH3 is 1. The number of hydrogen-bond acceptors (Lipinski definition) is 1. The minimum atomic E-state index is -2.00. The molecule has 3 aromatic rings. The zero-order chi connectivity index (χ0) is 24.1. The van der Waals surface area contributed by atoms with Gasteiger partial charge in [-0.15, -0.1) is 0 Å². The van der Waals surface area contributed by atoms with E-state index in [1.807, 2.05) is 7.11 Å². The fourth-order valence-corrected chi connectivity index (χ4v) is 9.81. The average molecular weight is 471 g/mol. The molecule has 4 rings (SSSR count). The maximum atomic E-state index is 6.24. The van der Waals surface area contributed by atoms with Crippen LogP contribution in [0.2, 0.25) is 13.1 Å². The van der Waals surface area contributed by atoms with Crippen LogP contribution in [-0.4, -0.2) is 15.2 Å². The molecule has 1 nitrogen and oxygen atoms in total. The van der Waals surface area contributed by atoms with Crippen LogP contribution in [0.3, 0.4) is 0 Å². The third-order valence-corrected chi connectivity index (χ3v) is 11.6. The van der Waals surface area contributed by atoms with E-state index in [0.29, 0.717) is 5.54 Å². The van der Waals surface area contributed by atoms with E-state index in [0.717, 1.165) is 6.42 Å². The summed E-state index contributed by atoms with van der Waals surface area (Å²) >= 11 is 0. The maximum absolute atomic E-state index is 6.24. The molecular weight excluding hydrogens is 428 g/mol. The lowest BCUT2D eigenvalue weighted by Gasteiger charge is -2.34.